The van der Waals surface area contributed by atoms with Crippen LogP contribution in [-0.4, -0.2) is 34.3 Å². The first-order chi connectivity index (χ1) is 8.70. The fourth-order valence-electron chi connectivity index (χ4n) is 1.34. The van der Waals surface area contributed by atoms with Crippen molar-refractivity contribution in [2.45, 2.75) is 13.3 Å². The van der Waals surface area contributed by atoms with Crippen molar-refractivity contribution < 1.29 is 14.6 Å². The van der Waals surface area contributed by atoms with E-state index in [2.05, 4.69) is 16.5 Å². The Hall–Kier alpha value is -2.01. The number of hydrogen-bond donors (Lipinski definition) is 1. The fraction of sp³-hybridized carbons (Fsp3) is 0.308. The van der Waals surface area contributed by atoms with E-state index in [0.717, 1.165) is 0 Å². The molecule has 18 heavy (non-hydrogen) atoms. The van der Waals surface area contributed by atoms with E-state index in [1.54, 1.807) is 31.6 Å². The SMILES string of the molecule is C=CC(=C(C)C(=O)OCCCO)c1cnccn1. The minimum atomic E-state index is -0.441. The van der Waals surface area contributed by atoms with Crippen LogP contribution in [0.4, 0.5) is 0 Å². The number of allylic oxidation sites excluding steroid dienone is 2. The molecule has 0 aliphatic heterocycles. The number of hydrogen-bond acceptors (Lipinski definition) is 5. The summed E-state index contributed by atoms with van der Waals surface area (Å²) in [4.78, 5) is 19.8. The predicted octanol–water partition coefficient (Wildman–Crippen LogP) is 1.36. The van der Waals surface area contributed by atoms with Crippen LogP contribution in [0.2, 0.25) is 0 Å². The molecule has 1 aromatic heterocycles. The fourth-order valence-corrected chi connectivity index (χ4v) is 1.34. The van der Waals surface area contributed by atoms with Gasteiger partial charge in [0, 0.05) is 36.6 Å². The highest BCUT2D eigenvalue weighted by molar-refractivity contribution is 5.98. The Kier molecular flexibility index (Phi) is 5.73. The second-order valence-electron chi connectivity index (χ2n) is 3.55. The van der Waals surface area contributed by atoms with Crippen molar-refractivity contribution in [1.82, 2.24) is 9.97 Å². The van der Waals surface area contributed by atoms with Gasteiger partial charge in [0.2, 0.25) is 0 Å². The number of carbonyl (C=O) groups is 1. The van der Waals surface area contributed by atoms with Gasteiger partial charge in [-0.25, -0.2) is 4.79 Å². The van der Waals surface area contributed by atoms with Crippen LogP contribution < -0.4 is 0 Å². The van der Waals surface area contributed by atoms with Crippen LogP contribution >= 0.6 is 0 Å². The molecule has 0 bridgehead atoms. The van der Waals surface area contributed by atoms with Crippen molar-refractivity contribution in [2.24, 2.45) is 0 Å². The highest BCUT2D eigenvalue weighted by Crippen LogP contribution is 2.17. The van der Waals surface area contributed by atoms with Gasteiger partial charge >= 0.3 is 5.97 Å². The lowest BCUT2D eigenvalue weighted by atomic mass is 10.1. The topological polar surface area (TPSA) is 72.3 Å². The van der Waals surface area contributed by atoms with E-state index in [4.69, 9.17) is 9.84 Å². The summed E-state index contributed by atoms with van der Waals surface area (Å²) >= 11 is 0. The van der Waals surface area contributed by atoms with Gasteiger partial charge in [-0.3, -0.25) is 9.97 Å². The van der Waals surface area contributed by atoms with Crippen molar-refractivity contribution in [3.05, 3.63) is 42.5 Å². The molecule has 0 saturated heterocycles. The molecule has 0 radical (unpaired) electrons. The van der Waals surface area contributed by atoms with Crippen LogP contribution in [0.1, 0.15) is 19.0 Å². The summed E-state index contributed by atoms with van der Waals surface area (Å²) in [5.74, 6) is -0.441. The molecular formula is C13H16N2O3. The third-order valence-corrected chi connectivity index (χ3v) is 2.29. The number of rotatable bonds is 6. The number of aliphatic hydroxyl groups is 1. The summed E-state index contributed by atoms with van der Waals surface area (Å²) in [5, 5.41) is 8.61. The lowest BCUT2D eigenvalue weighted by Crippen LogP contribution is -2.10. The van der Waals surface area contributed by atoms with Crippen molar-refractivity contribution in [1.29, 1.82) is 0 Å². The van der Waals surface area contributed by atoms with E-state index in [9.17, 15) is 4.79 Å². The summed E-state index contributed by atoms with van der Waals surface area (Å²) in [6.45, 7) is 5.50. The highest BCUT2D eigenvalue weighted by Gasteiger charge is 2.12. The molecule has 0 aliphatic rings. The molecule has 0 saturated carbocycles. The van der Waals surface area contributed by atoms with Gasteiger partial charge in [0.05, 0.1) is 18.5 Å². The number of aliphatic hydroxyl groups excluding tert-OH is 1. The number of ether oxygens (including phenoxy) is 1. The van der Waals surface area contributed by atoms with E-state index in [-0.39, 0.29) is 13.2 Å². The molecule has 1 aromatic rings. The molecule has 1 N–H and O–H groups in total. The maximum atomic E-state index is 11.7. The summed E-state index contributed by atoms with van der Waals surface area (Å²) in [6, 6.07) is 0. The molecule has 0 amide bonds. The summed E-state index contributed by atoms with van der Waals surface area (Å²) < 4.78 is 5.00. The monoisotopic (exact) mass is 248 g/mol. The number of carbonyl (C=O) groups excluding carboxylic acids is 1. The van der Waals surface area contributed by atoms with Crippen LogP contribution in [0.5, 0.6) is 0 Å². The highest BCUT2D eigenvalue weighted by atomic mass is 16.5. The van der Waals surface area contributed by atoms with Crippen molar-refractivity contribution in [3.8, 4) is 0 Å². The van der Waals surface area contributed by atoms with Gasteiger partial charge in [-0.2, -0.15) is 0 Å². The number of aromatic nitrogens is 2. The molecule has 96 valence electrons. The molecule has 5 nitrogen and oxygen atoms in total. The van der Waals surface area contributed by atoms with E-state index in [1.807, 2.05) is 0 Å². The first-order valence-electron chi connectivity index (χ1n) is 5.58. The molecule has 5 heteroatoms. The van der Waals surface area contributed by atoms with Gasteiger partial charge < -0.3 is 9.84 Å². The van der Waals surface area contributed by atoms with E-state index >= 15 is 0 Å². The Labute approximate surface area is 106 Å². The molecule has 0 aliphatic carbocycles. The normalized spacial score (nSPS) is 11.7. The second-order valence-corrected chi connectivity index (χ2v) is 3.55. The molecule has 0 atom stereocenters. The first kappa shape index (κ1) is 14.1. The third kappa shape index (κ3) is 3.78. The van der Waals surface area contributed by atoms with Crippen molar-refractivity contribution in [3.63, 3.8) is 0 Å². The molecule has 0 spiro atoms. The maximum Gasteiger partial charge on any atom is 0.334 e. The Morgan fingerprint density at radius 1 is 1.56 bits per heavy atom. The van der Waals surface area contributed by atoms with Gasteiger partial charge in [-0.1, -0.05) is 12.7 Å². The summed E-state index contributed by atoms with van der Waals surface area (Å²) in [7, 11) is 0. The molecule has 1 rings (SSSR count). The molecule has 0 fully saturated rings. The second kappa shape index (κ2) is 7.34. The molecular weight excluding hydrogens is 232 g/mol. The smallest absolute Gasteiger partial charge is 0.334 e. The largest absolute Gasteiger partial charge is 0.462 e. The van der Waals surface area contributed by atoms with Crippen molar-refractivity contribution in [2.75, 3.05) is 13.2 Å². The van der Waals surface area contributed by atoms with Gasteiger partial charge in [0.25, 0.3) is 0 Å². The maximum absolute atomic E-state index is 11.7. The zero-order chi connectivity index (χ0) is 13.4. The molecule has 1 heterocycles. The average molecular weight is 248 g/mol. The minimum absolute atomic E-state index is 0.00544. The van der Waals surface area contributed by atoms with E-state index < -0.39 is 5.97 Å². The lowest BCUT2D eigenvalue weighted by molar-refractivity contribution is -0.139. The molecule has 0 unspecified atom stereocenters. The Morgan fingerprint density at radius 3 is 2.89 bits per heavy atom. The van der Waals surface area contributed by atoms with Gasteiger partial charge in [-0.15, -0.1) is 0 Å². The number of esters is 1. The lowest BCUT2D eigenvalue weighted by Gasteiger charge is -2.07. The van der Waals surface area contributed by atoms with Crippen LogP contribution in [0, 0.1) is 0 Å². The van der Waals surface area contributed by atoms with Gasteiger partial charge in [0.1, 0.15) is 0 Å². The van der Waals surface area contributed by atoms with E-state index in [1.165, 1.54) is 0 Å². The zero-order valence-corrected chi connectivity index (χ0v) is 10.3. The standard InChI is InChI=1S/C13H16N2O3/c1-3-11(12-9-14-5-6-15-12)10(2)13(17)18-8-4-7-16/h3,5-6,9,16H,1,4,7-8H2,2H3. The number of nitrogens with zero attached hydrogens (tertiary/aromatic N) is 2. The predicted molar refractivity (Wildman–Crippen MR) is 67.5 cm³/mol. The van der Waals surface area contributed by atoms with Gasteiger partial charge in [0.15, 0.2) is 0 Å². The minimum Gasteiger partial charge on any atom is -0.462 e. The van der Waals surface area contributed by atoms with Crippen LogP contribution in [-0.2, 0) is 9.53 Å². The Bertz CT molecular complexity index is 441. The summed E-state index contributed by atoms with van der Waals surface area (Å²) in [5.41, 5.74) is 1.59. The zero-order valence-electron chi connectivity index (χ0n) is 10.3. The Morgan fingerprint density at radius 2 is 2.33 bits per heavy atom. The van der Waals surface area contributed by atoms with Gasteiger partial charge in [-0.05, 0) is 6.92 Å². The van der Waals surface area contributed by atoms with Crippen molar-refractivity contribution >= 4 is 11.5 Å². The average Bonchev–Trinajstić information content (AvgIpc) is 2.41. The quantitative estimate of drug-likeness (QED) is 0.356. The van der Waals surface area contributed by atoms with Crippen LogP contribution in [0.15, 0.2) is 36.8 Å². The molecule has 0 aromatic carbocycles. The van der Waals surface area contributed by atoms with Crippen LogP contribution in [0.25, 0.3) is 5.57 Å². The summed E-state index contributed by atoms with van der Waals surface area (Å²) in [6.07, 6.45) is 6.63. The van der Waals surface area contributed by atoms with E-state index in [0.29, 0.717) is 23.3 Å². The Balaban J connectivity index is 2.87. The van der Waals surface area contributed by atoms with Crippen LogP contribution in [0.3, 0.4) is 0 Å². The first-order valence-corrected chi connectivity index (χ1v) is 5.58. The third-order valence-electron chi connectivity index (χ3n) is 2.29.